The van der Waals surface area contributed by atoms with E-state index in [4.69, 9.17) is 16.0 Å². The molecular formula is C23H23ClN2O3. The normalized spacial score (nSPS) is 16.8. The van der Waals surface area contributed by atoms with Crippen molar-refractivity contribution in [1.82, 2.24) is 10.2 Å². The highest BCUT2D eigenvalue weighted by Gasteiger charge is 2.25. The smallest absolute Gasteiger partial charge is 0.253 e. The van der Waals surface area contributed by atoms with E-state index in [0.29, 0.717) is 29.2 Å². The summed E-state index contributed by atoms with van der Waals surface area (Å²) in [6, 6.07) is 14.5. The van der Waals surface area contributed by atoms with Crippen molar-refractivity contribution in [3.8, 4) is 0 Å². The predicted octanol–water partition coefficient (Wildman–Crippen LogP) is 4.68. The molecule has 0 saturated carbocycles. The topological polar surface area (TPSA) is 62.6 Å². The molecule has 2 amide bonds. The number of carbonyl (C=O) groups is 2. The third-order valence-corrected chi connectivity index (χ3v) is 5.69. The lowest BCUT2D eigenvalue weighted by Gasteiger charge is -2.33. The van der Waals surface area contributed by atoms with E-state index >= 15 is 0 Å². The number of likely N-dealkylation sites (tertiary alicyclic amines) is 1. The van der Waals surface area contributed by atoms with Crippen LogP contribution in [0.15, 0.2) is 52.9 Å². The van der Waals surface area contributed by atoms with Crippen LogP contribution in [0, 0.1) is 12.8 Å². The van der Waals surface area contributed by atoms with Gasteiger partial charge in [0.15, 0.2) is 0 Å². The highest BCUT2D eigenvalue weighted by atomic mass is 35.5. The van der Waals surface area contributed by atoms with Crippen LogP contribution in [0.5, 0.6) is 0 Å². The maximum Gasteiger partial charge on any atom is 0.253 e. The summed E-state index contributed by atoms with van der Waals surface area (Å²) >= 11 is 6.10. The molecule has 29 heavy (non-hydrogen) atoms. The molecule has 0 spiro atoms. The van der Waals surface area contributed by atoms with Crippen LogP contribution in [0.25, 0.3) is 11.0 Å². The van der Waals surface area contributed by atoms with E-state index in [1.165, 1.54) is 0 Å². The van der Waals surface area contributed by atoms with Crippen molar-refractivity contribution < 1.29 is 14.0 Å². The number of carbonyl (C=O) groups excluding carboxylic acids is 2. The van der Waals surface area contributed by atoms with Crippen LogP contribution < -0.4 is 5.32 Å². The minimum absolute atomic E-state index is 0.0212. The molecule has 1 aliphatic heterocycles. The highest BCUT2D eigenvalue weighted by molar-refractivity contribution is 6.33. The SMILES string of the molecule is Cc1cc2cc(C(=O)N3CCC[C@@H](CNC(=O)c4ccccc4Cl)C3)ccc2o1. The van der Waals surface area contributed by atoms with Crippen LogP contribution in [0.3, 0.4) is 0 Å². The van der Waals surface area contributed by atoms with Crippen LogP contribution in [-0.2, 0) is 0 Å². The zero-order chi connectivity index (χ0) is 20.4. The van der Waals surface area contributed by atoms with Crippen molar-refractivity contribution in [2.45, 2.75) is 19.8 Å². The minimum atomic E-state index is -0.181. The van der Waals surface area contributed by atoms with E-state index in [-0.39, 0.29) is 17.7 Å². The van der Waals surface area contributed by atoms with Crippen LogP contribution in [0.2, 0.25) is 5.02 Å². The number of nitrogens with one attached hydrogen (secondary N) is 1. The number of nitrogens with zero attached hydrogens (tertiary/aromatic N) is 1. The van der Waals surface area contributed by atoms with Gasteiger partial charge in [0.05, 0.1) is 10.6 Å². The van der Waals surface area contributed by atoms with E-state index in [1.54, 1.807) is 24.3 Å². The number of hydrogen-bond acceptors (Lipinski definition) is 3. The Kier molecular flexibility index (Phi) is 5.58. The number of furan rings is 1. The Hall–Kier alpha value is -2.79. The number of hydrogen-bond donors (Lipinski definition) is 1. The Labute approximate surface area is 174 Å². The van der Waals surface area contributed by atoms with E-state index < -0.39 is 0 Å². The van der Waals surface area contributed by atoms with Crippen LogP contribution >= 0.6 is 11.6 Å². The standard InChI is InChI=1S/C23H23ClN2O3/c1-15-11-18-12-17(8-9-21(18)29-15)23(28)26-10-4-5-16(14-26)13-25-22(27)19-6-2-3-7-20(19)24/h2-3,6-9,11-12,16H,4-5,10,13-14H2,1H3,(H,25,27)/t16-/m0/s1. The fourth-order valence-electron chi connectivity index (χ4n) is 3.89. The van der Waals surface area contributed by atoms with Gasteiger partial charge in [-0.25, -0.2) is 0 Å². The second-order valence-electron chi connectivity index (χ2n) is 7.56. The zero-order valence-electron chi connectivity index (χ0n) is 16.3. The van der Waals surface area contributed by atoms with Gasteiger partial charge in [-0.2, -0.15) is 0 Å². The summed E-state index contributed by atoms with van der Waals surface area (Å²) in [5.74, 6) is 0.892. The number of aryl methyl sites for hydroxylation is 1. The van der Waals surface area contributed by atoms with Crippen LogP contribution in [0.4, 0.5) is 0 Å². The number of rotatable bonds is 4. The Bertz CT molecular complexity index is 1060. The predicted molar refractivity (Wildman–Crippen MR) is 113 cm³/mol. The summed E-state index contributed by atoms with van der Waals surface area (Å²) in [6.45, 7) is 3.78. The van der Waals surface area contributed by atoms with Crippen molar-refractivity contribution in [2.24, 2.45) is 5.92 Å². The van der Waals surface area contributed by atoms with Crippen molar-refractivity contribution >= 4 is 34.4 Å². The van der Waals surface area contributed by atoms with Gasteiger partial charge in [0.1, 0.15) is 11.3 Å². The summed E-state index contributed by atoms with van der Waals surface area (Å²) in [4.78, 5) is 27.3. The van der Waals surface area contributed by atoms with Crippen molar-refractivity contribution in [2.75, 3.05) is 19.6 Å². The van der Waals surface area contributed by atoms with Gasteiger partial charge in [0.2, 0.25) is 0 Å². The molecule has 1 aromatic heterocycles. The Balaban J connectivity index is 1.39. The van der Waals surface area contributed by atoms with Crippen molar-refractivity contribution in [1.29, 1.82) is 0 Å². The van der Waals surface area contributed by atoms with Gasteiger partial charge in [-0.05, 0) is 62.1 Å². The van der Waals surface area contributed by atoms with E-state index in [1.807, 2.05) is 36.1 Å². The number of benzene rings is 2. The first kappa shape index (κ1) is 19.5. The molecule has 0 bridgehead atoms. The second kappa shape index (κ2) is 8.29. The largest absolute Gasteiger partial charge is 0.461 e. The van der Waals surface area contributed by atoms with Gasteiger partial charge < -0.3 is 14.6 Å². The lowest BCUT2D eigenvalue weighted by molar-refractivity contribution is 0.0671. The molecule has 5 nitrogen and oxygen atoms in total. The van der Waals surface area contributed by atoms with Crippen molar-refractivity contribution in [3.63, 3.8) is 0 Å². The van der Waals surface area contributed by atoms with Gasteiger partial charge in [-0.3, -0.25) is 9.59 Å². The first-order chi connectivity index (χ1) is 14.0. The quantitative estimate of drug-likeness (QED) is 0.679. The molecule has 1 N–H and O–H groups in total. The average molecular weight is 411 g/mol. The summed E-state index contributed by atoms with van der Waals surface area (Å²) < 4.78 is 5.59. The molecule has 0 aliphatic carbocycles. The van der Waals surface area contributed by atoms with Gasteiger partial charge in [0, 0.05) is 30.6 Å². The molecule has 150 valence electrons. The number of amides is 2. The second-order valence-corrected chi connectivity index (χ2v) is 7.97. The lowest BCUT2D eigenvalue weighted by atomic mass is 9.97. The fraction of sp³-hybridized carbons (Fsp3) is 0.304. The highest BCUT2D eigenvalue weighted by Crippen LogP contribution is 2.23. The van der Waals surface area contributed by atoms with Crippen LogP contribution in [-0.4, -0.2) is 36.3 Å². The number of piperidine rings is 1. The Morgan fingerprint density at radius 3 is 2.86 bits per heavy atom. The molecule has 0 unspecified atom stereocenters. The molecule has 6 heteroatoms. The molecule has 2 aromatic carbocycles. The molecule has 0 radical (unpaired) electrons. The van der Waals surface area contributed by atoms with E-state index in [2.05, 4.69) is 5.32 Å². The van der Waals surface area contributed by atoms with E-state index in [0.717, 1.165) is 36.1 Å². The minimum Gasteiger partial charge on any atom is -0.461 e. The molecule has 1 saturated heterocycles. The summed E-state index contributed by atoms with van der Waals surface area (Å²) in [7, 11) is 0. The molecule has 4 rings (SSSR count). The van der Waals surface area contributed by atoms with Gasteiger partial charge >= 0.3 is 0 Å². The maximum absolute atomic E-state index is 13.0. The summed E-state index contributed by atoms with van der Waals surface area (Å²) in [5, 5.41) is 4.34. The third-order valence-electron chi connectivity index (χ3n) is 5.36. The maximum atomic E-state index is 13.0. The molecule has 1 aliphatic rings. The first-order valence-corrected chi connectivity index (χ1v) is 10.2. The summed E-state index contributed by atoms with van der Waals surface area (Å²) in [5.41, 5.74) is 1.93. The van der Waals surface area contributed by atoms with Gasteiger partial charge in [-0.15, -0.1) is 0 Å². The Morgan fingerprint density at radius 2 is 2.03 bits per heavy atom. The molecule has 1 fully saturated rings. The number of fused-ring (bicyclic) bond motifs is 1. The van der Waals surface area contributed by atoms with E-state index in [9.17, 15) is 9.59 Å². The lowest BCUT2D eigenvalue weighted by Crippen LogP contribution is -2.43. The van der Waals surface area contributed by atoms with Gasteiger partial charge in [-0.1, -0.05) is 23.7 Å². The third kappa shape index (κ3) is 4.30. The molecular weight excluding hydrogens is 388 g/mol. The van der Waals surface area contributed by atoms with Crippen molar-refractivity contribution in [3.05, 3.63) is 70.4 Å². The molecule has 2 heterocycles. The summed E-state index contributed by atoms with van der Waals surface area (Å²) in [6.07, 6.45) is 1.90. The molecule has 3 aromatic rings. The number of halogens is 1. The Morgan fingerprint density at radius 1 is 1.21 bits per heavy atom. The average Bonchev–Trinajstić information content (AvgIpc) is 3.11. The van der Waals surface area contributed by atoms with Gasteiger partial charge in [0.25, 0.3) is 11.8 Å². The van der Waals surface area contributed by atoms with Crippen LogP contribution in [0.1, 0.15) is 39.3 Å². The molecule has 1 atom stereocenters. The fourth-order valence-corrected chi connectivity index (χ4v) is 4.11. The zero-order valence-corrected chi connectivity index (χ0v) is 17.0. The monoisotopic (exact) mass is 410 g/mol. The first-order valence-electron chi connectivity index (χ1n) is 9.83.